The summed E-state index contributed by atoms with van der Waals surface area (Å²) in [5, 5.41) is 7.60. The molecule has 20 heavy (non-hydrogen) atoms. The van der Waals surface area contributed by atoms with Gasteiger partial charge in [0.05, 0.1) is 18.0 Å². The molecule has 0 bridgehead atoms. The summed E-state index contributed by atoms with van der Waals surface area (Å²) in [6.45, 7) is 5.66. The number of aliphatic carboxylic acids is 1. The largest absolute Gasteiger partial charge is 0.480 e. The molecule has 0 saturated heterocycles. The molecule has 0 amide bonds. The topological polar surface area (TPSA) is 107 Å². The Balaban J connectivity index is 0.000000621. The summed E-state index contributed by atoms with van der Waals surface area (Å²) < 4.78 is 28.1. The van der Waals surface area contributed by atoms with Crippen LogP contribution in [0, 0.1) is 12.8 Å². The Bertz CT molecular complexity index is 508. The number of hydrogen-bond acceptors (Lipinski definition) is 5. The summed E-state index contributed by atoms with van der Waals surface area (Å²) in [4.78, 5) is 9.46. The van der Waals surface area contributed by atoms with E-state index in [4.69, 9.17) is 9.29 Å². The molecule has 0 aromatic heterocycles. The second-order valence-corrected chi connectivity index (χ2v) is 6.16. The number of nitrogens with two attached hydrogens (primary N) is 1. The van der Waals surface area contributed by atoms with Crippen LogP contribution in [0.5, 0.6) is 0 Å². The fraction of sp³-hybridized carbons (Fsp3) is 0.462. The van der Waals surface area contributed by atoms with Gasteiger partial charge in [0, 0.05) is 0 Å². The van der Waals surface area contributed by atoms with Crippen molar-refractivity contribution < 1.29 is 22.5 Å². The first-order valence-corrected chi connectivity index (χ1v) is 7.47. The minimum absolute atomic E-state index is 0.199. The second-order valence-electron chi connectivity index (χ2n) is 4.54. The van der Waals surface area contributed by atoms with Gasteiger partial charge in [-0.2, -0.15) is 8.42 Å². The molecule has 114 valence electrons. The standard InChI is InChI=1S/C11H16O3S.C2H5NO2/c1-9(2)8-14-15(12,13)11-6-4-10(3)5-7-11;3-1-2(4)5/h4-7,9H,8H2,1-3H3;1,3H2,(H,4,5). The molecular weight excluding hydrogens is 282 g/mol. The smallest absolute Gasteiger partial charge is 0.317 e. The quantitative estimate of drug-likeness (QED) is 0.796. The van der Waals surface area contributed by atoms with Gasteiger partial charge in [-0.3, -0.25) is 8.98 Å². The summed E-state index contributed by atoms with van der Waals surface area (Å²) in [6.07, 6.45) is 0. The number of carbonyl (C=O) groups is 1. The van der Waals surface area contributed by atoms with Crippen LogP contribution in [0.1, 0.15) is 19.4 Å². The van der Waals surface area contributed by atoms with Crippen LogP contribution in [0.15, 0.2) is 29.2 Å². The van der Waals surface area contributed by atoms with Crippen molar-refractivity contribution in [2.45, 2.75) is 25.7 Å². The van der Waals surface area contributed by atoms with Crippen molar-refractivity contribution in [2.75, 3.05) is 13.2 Å². The lowest BCUT2D eigenvalue weighted by Crippen LogP contribution is -2.10. The average molecular weight is 303 g/mol. The highest BCUT2D eigenvalue weighted by Crippen LogP contribution is 2.13. The Morgan fingerprint density at radius 2 is 1.75 bits per heavy atom. The van der Waals surface area contributed by atoms with Crippen LogP contribution in [-0.2, 0) is 19.1 Å². The minimum Gasteiger partial charge on any atom is -0.480 e. The van der Waals surface area contributed by atoms with E-state index in [1.54, 1.807) is 24.3 Å². The highest BCUT2D eigenvalue weighted by Gasteiger charge is 2.14. The zero-order chi connectivity index (χ0) is 15.8. The van der Waals surface area contributed by atoms with E-state index in [2.05, 4.69) is 5.73 Å². The molecule has 6 nitrogen and oxygen atoms in total. The maximum Gasteiger partial charge on any atom is 0.317 e. The normalized spacial score (nSPS) is 10.8. The molecule has 0 aliphatic rings. The van der Waals surface area contributed by atoms with Crippen molar-refractivity contribution >= 4 is 16.1 Å². The number of rotatable bonds is 5. The number of benzene rings is 1. The molecule has 3 N–H and O–H groups in total. The van der Waals surface area contributed by atoms with Gasteiger partial charge in [-0.05, 0) is 25.0 Å². The first kappa shape index (κ1) is 18.6. The number of hydrogen-bond donors (Lipinski definition) is 2. The third kappa shape index (κ3) is 7.88. The van der Waals surface area contributed by atoms with Crippen LogP contribution >= 0.6 is 0 Å². The second kappa shape index (κ2) is 8.68. The van der Waals surface area contributed by atoms with E-state index >= 15 is 0 Å². The molecule has 7 heteroatoms. The summed E-state index contributed by atoms with van der Waals surface area (Å²) in [6, 6.07) is 6.63. The predicted octanol–water partition coefficient (Wildman–Crippen LogP) is 1.39. The fourth-order valence-electron chi connectivity index (χ4n) is 0.999. The van der Waals surface area contributed by atoms with Gasteiger partial charge in [0.2, 0.25) is 0 Å². The van der Waals surface area contributed by atoms with E-state index in [1.807, 2.05) is 20.8 Å². The highest BCUT2D eigenvalue weighted by atomic mass is 32.2. The van der Waals surface area contributed by atoms with Crippen LogP contribution in [0.2, 0.25) is 0 Å². The Hall–Kier alpha value is -1.44. The van der Waals surface area contributed by atoms with Gasteiger partial charge in [-0.25, -0.2) is 0 Å². The molecule has 0 saturated carbocycles. The Morgan fingerprint density at radius 3 is 2.10 bits per heavy atom. The lowest BCUT2D eigenvalue weighted by molar-refractivity contribution is -0.135. The monoisotopic (exact) mass is 303 g/mol. The maximum atomic E-state index is 11.6. The molecule has 0 atom stereocenters. The van der Waals surface area contributed by atoms with Crippen molar-refractivity contribution in [1.82, 2.24) is 0 Å². The first-order valence-electron chi connectivity index (χ1n) is 6.07. The Morgan fingerprint density at radius 1 is 1.30 bits per heavy atom. The van der Waals surface area contributed by atoms with E-state index in [1.165, 1.54) is 0 Å². The van der Waals surface area contributed by atoms with Crippen molar-refractivity contribution in [1.29, 1.82) is 0 Å². The van der Waals surface area contributed by atoms with E-state index in [0.717, 1.165) is 5.56 Å². The third-order valence-corrected chi connectivity index (χ3v) is 3.34. The zero-order valence-corrected chi connectivity index (χ0v) is 12.7. The lowest BCUT2D eigenvalue weighted by Gasteiger charge is -2.07. The minimum atomic E-state index is -3.57. The predicted molar refractivity (Wildman–Crippen MR) is 75.8 cm³/mol. The van der Waals surface area contributed by atoms with Crippen LogP contribution in [0.25, 0.3) is 0 Å². The summed E-state index contributed by atoms with van der Waals surface area (Å²) in [5.74, 6) is -0.768. The molecule has 0 heterocycles. The molecule has 0 aliphatic heterocycles. The van der Waals surface area contributed by atoms with E-state index in [-0.39, 0.29) is 24.0 Å². The molecule has 0 unspecified atom stereocenters. The zero-order valence-electron chi connectivity index (χ0n) is 11.9. The van der Waals surface area contributed by atoms with Crippen LogP contribution in [0.3, 0.4) is 0 Å². The molecule has 0 spiro atoms. The molecule has 0 fully saturated rings. The van der Waals surface area contributed by atoms with Crippen molar-refractivity contribution in [3.63, 3.8) is 0 Å². The summed E-state index contributed by atoms with van der Waals surface area (Å²) in [7, 11) is -3.57. The number of carboxylic acid groups (broad SMARTS) is 1. The lowest BCUT2D eigenvalue weighted by atomic mass is 10.2. The van der Waals surface area contributed by atoms with E-state index in [0.29, 0.717) is 0 Å². The van der Waals surface area contributed by atoms with Gasteiger partial charge < -0.3 is 10.8 Å². The molecule has 1 rings (SSSR count). The van der Waals surface area contributed by atoms with Gasteiger partial charge >= 0.3 is 5.97 Å². The number of carboxylic acids is 1. The van der Waals surface area contributed by atoms with Crippen molar-refractivity contribution in [2.24, 2.45) is 11.7 Å². The van der Waals surface area contributed by atoms with Gasteiger partial charge in [-0.1, -0.05) is 31.5 Å². The Kier molecular flexibility index (Phi) is 8.05. The molecule has 1 aromatic rings. The number of aryl methyl sites for hydroxylation is 1. The van der Waals surface area contributed by atoms with Crippen molar-refractivity contribution in [3.05, 3.63) is 29.8 Å². The summed E-state index contributed by atoms with van der Waals surface area (Å²) >= 11 is 0. The molecular formula is C13H21NO5S. The average Bonchev–Trinajstić information content (AvgIpc) is 2.38. The highest BCUT2D eigenvalue weighted by molar-refractivity contribution is 7.86. The molecule has 0 radical (unpaired) electrons. The van der Waals surface area contributed by atoms with Gasteiger partial charge in [0.15, 0.2) is 0 Å². The van der Waals surface area contributed by atoms with Gasteiger partial charge in [0.25, 0.3) is 10.1 Å². The van der Waals surface area contributed by atoms with Gasteiger partial charge in [0.1, 0.15) is 0 Å². The van der Waals surface area contributed by atoms with Crippen LogP contribution in [-0.4, -0.2) is 32.6 Å². The molecule has 1 aromatic carbocycles. The van der Waals surface area contributed by atoms with E-state index in [9.17, 15) is 13.2 Å². The first-order chi connectivity index (χ1) is 9.19. The van der Waals surface area contributed by atoms with Crippen LogP contribution < -0.4 is 5.73 Å². The summed E-state index contributed by atoms with van der Waals surface area (Å²) in [5.41, 5.74) is 5.60. The third-order valence-electron chi connectivity index (χ3n) is 2.04. The molecule has 0 aliphatic carbocycles. The SMILES string of the molecule is Cc1ccc(S(=O)(=O)OCC(C)C)cc1.NCC(=O)O. The van der Waals surface area contributed by atoms with Gasteiger partial charge in [-0.15, -0.1) is 0 Å². The van der Waals surface area contributed by atoms with Crippen LogP contribution in [0.4, 0.5) is 0 Å². The fourth-order valence-corrected chi connectivity index (χ4v) is 2.06. The maximum absolute atomic E-state index is 11.6. The Labute approximate surface area is 119 Å². The van der Waals surface area contributed by atoms with E-state index < -0.39 is 16.1 Å². The van der Waals surface area contributed by atoms with Crippen molar-refractivity contribution in [3.8, 4) is 0 Å².